The van der Waals surface area contributed by atoms with Crippen LogP contribution in [0.15, 0.2) is 30.3 Å². The topological polar surface area (TPSA) is 96.4 Å². The maximum Gasteiger partial charge on any atom is 0.230 e. The summed E-state index contributed by atoms with van der Waals surface area (Å²) in [7, 11) is 0. The second-order valence-electron chi connectivity index (χ2n) is 9.44. The van der Waals surface area contributed by atoms with Gasteiger partial charge < -0.3 is 20.5 Å². The molecule has 3 rings (SSSR count). The Morgan fingerprint density at radius 1 is 1.24 bits per heavy atom. The van der Waals surface area contributed by atoms with E-state index in [1.54, 1.807) is 0 Å². The minimum atomic E-state index is -0.499. The lowest BCUT2D eigenvalue weighted by atomic mass is 9.96. The number of carbonyl (C=O) groups excluding carboxylic acids is 1. The second kappa shape index (κ2) is 11.3. The van der Waals surface area contributed by atoms with Gasteiger partial charge in [-0.15, -0.1) is 0 Å². The molecule has 1 aliphatic rings. The molecule has 1 aromatic heterocycles. The number of benzene rings is 1. The fourth-order valence-electron chi connectivity index (χ4n) is 3.52. The molecule has 7 nitrogen and oxygen atoms in total. The van der Waals surface area contributed by atoms with Gasteiger partial charge in [-0.2, -0.15) is 4.98 Å². The number of aliphatic hydroxyl groups excluding tert-OH is 1. The van der Waals surface area contributed by atoms with Crippen LogP contribution in [-0.4, -0.2) is 40.2 Å². The first-order valence-electron chi connectivity index (χ1n) is 11.8. The number of amides is 1. The first kappa shape index (κ1) is 24.7. The lowest BCUT2D eigenvalue weighted by Gasteiger charge is -2.18. The van der Waals surface area contributed by atoms with Crippen LogP contribution >= 0.6 is 0 Å². The summed E-state index contributed by atoms with van der Waals surface area (Å²) in [6.45, 7) is 9.04. The number of nitrogens with zero attached hydrogens (tertiary/aromatic N) is 2. The summed E-state index contributed by atoms with van der Waals surface area (Å²) in [5, 5.41) is 16.4. The van der Waals surface area contributed by atoms with Gasteiger partial charge in [0, 0.05) is 30.1 Å². The van der Waals surface area contributed by atoms with Gasteiger partial charge in [-0.1, -0.05) is 45.4 Å². The Balaban J connectivity index is 1.50. The number of aliphatic hydroxyl groups is 1. The number of aryl methyl sites for hydroxylation is 1. The lowest BCUT2D eigenvalue weighted by molar-refractivity contribution is -0.123. The van der Waals surface area contributed by atoms with Gasteiger partial charge in [-0.3, -0.25) is 4.79 Å². The minimum absolute atomic E-state index is 0.0830. The van der Waals surface area contributed by atoms with Crippen LogP contribution in [-0.2, 0) is 17.6 Å². The Bertz CT molecular complexity index is 982. The van der Waals surface area contributed by atoms with Gasteiger partial charge in [-0.25, -0.2) is 4.98 Å². The zero-order valence-electron chi connectivity index (χ0n) is 20.1. The fraction of sp³-hybridized carbons (Fsp3) is 0.500. The van der Waals surface area contributed by atoms with Crippen LogP contribution in [0.1, 0.15) is 63.8 Å². The Morgan fingerprint density at radius 3 is 2.82 bits per heavy atom. The van der Waals surface area contributed by atoms with E-state index in [0.717, 1.165) is 49.3 Å². The highest BCUT2D eigenvalue weighted by atomic mass is 16.5. The van der Waals surface area contributed by atoms with Crippen LogP contribution in [0.5, 0.6) is 5.75 Å². The third-order valence-electron chi connectivity index (χ3n) is 5.44. The highest BCUT2D eigenvalue weighted by Crippen LogP contribution is 2.26. The van der Waals surface area contributed by atoms with Gasteiger partial charge in [0.05, 0.1) is 12.7 Å². The fourth-order valence-corrected chi connectivity index (χ4v) is 3.52. The molecule has 178 valence electrons. The molecule has 0 saturated heterocycles. The number of fused-ring (bicyclic) bond motifs is 1. The van der Waals surface area contributed by atoms with Crippen molar-refractivity contribution in [1.82, 2.24) is 9.97 Å². The largest absolute Gasteiger partial charge is 0.493 e. The maximum absolute atomic E-state index is 12.3. The standard InChI is InChI=1S/C26H36N4O3/c1-5-27-25-28-20(17-23(30-25)29-24(32)26(2,3)4)8-6-7-9-21(31)12-10-18-11-13-22-19(16-18)14-15-33-22/h10-13,16-17,21,31H,5-9,14-15H2,1-4H3,(H2,27,28,29,30,32). The maximum atomic E-state index is 12.3. The summed E-state index contributed by atoms with van der Waals surface area (Å²) in [5.74, 6) is 1.91. The molecule has 0 spiro atoms. The van der Waals surface area contributed by atoms with E-state index in [9.17, 15) is 9.90 Å². The summed E-state index contributed by atoms with van der Waals surface area (Å²) in [6, 6.07) is 7.97. The molecule has 3 N–H and O–H groups in total. The number of hydrogen-bond donors (Lipinski definition) is 3. The van der Waals surface area contributed by atoms with Crippen molar-refractivity contribution in [3.63, 3.8) is 0 Å². The second-order valence-corrected chi connectivity index (χ2v) is 9.44. The lowest BCUT2D eigenvalue weighted by Crippen LogP contribution is -2.28. The van der Waals surface area contributed by atoms with E-state index in [2.05, 4.69) is 26.7 Å². The molecule has 2 aromatic rings. The van der Waals surface area contributed by atoms with Crippen molar-refractivity contribution < 1.29 is 14.6 Å². The molecule has 1 unspecified atom stereocenters. The summed E-state index contributed by atoms with van der Waals surface area (Å²) in [4.78, 5) is 21.3. The molecule has 0 aliphatic carbocycles. The molecule has 0 fully saturated rings. The number of aromatic nitrogens is 2. The van der Waals surface area contributed by atoms with E-state index in [-0.39, 0.29) is 5.91 Å². The third kappa shape index (κ3) is 7.56. The van der Waals surface area contributed by atoms with Crippen LogP contribution in [0, 0.1) is 5.41 Å². The number of hydrogen-bond acceptors (Lipinski definition) is 6. The molecule has 0 bridgehead atoms. The highest BCUT2D eigenvalue weighted by molar-refractivity contribution is 5.93. The number of ether oxygens (including phenoxy) is 1. The van der Waals surface area contributed by atoms with E-state index in [4.69, 9.17) is 4.74 Å². The van der Waals surface area contributed by atoms with E-state index in [0.29, 0.717) is 24.7 Å². The Hall–Kier alpha value is -2.93. The van der Waals surface area contributed by atoms with Gasteiger partial charge in [0.15, 0.2) is 0 Å². The SMILES string of the molecule is CCNc1nc(CCCCC(O)C=Cc2ccc3c(c2)CCO3)cc(NC(=O)C(C)(C)C)n1. The van der Waals surface area contributed by atoms with Gasteiger partial charge in [0.1, 0.15) is 11.6 Å². The van der Waals surface area contributed by atoms with Crippen molar-refractivity contribution in [3.8, 4) is 5.75 Å². The van der Waals surface area contributed by atoms with E-state index in [1.807, 2.05) is 58.0 Å². The van der Waals surface area contributed by atoms with E-state index in [1.165, 1.54) is 5.56 Å². The van der Waals surface area contributed by atoms with Gasteiger partial charge in [0.2, 0.25) is 11.9 Å². The normalized spacial score (nSPS) is 14.1. The van der Waals surface area contributed by atoms with Gasteiger partial charge in [0.25, 0.3) is 0 Å². The van der Waals surface area contributed by atoms with Crippen molar-refractivity contribution in [2.45, 2.75) is 65.9 Å². The summed E-state index contributed by atoms with van der Waals surface area (Å²) in [6.07, 6.45) is 7.47. The zero-order valence-corrected chi connectivity index (χ0v) is 20.1. The van der Waals surface area contributed by atoms with Crippen LogP contribution < -0.4 is 15.4 Å². The van der Waals surface area contributed by atoms with Gasteiger partial charge >= 0.3 is 0 Å². The van der Waals surface area contributed by atoms with Crippen molar-refractivity contribution in [1.29, 1.82) is 0 Å². The van der Waals surface area contributed by atoms with Crippen LogP contribution in [0.3, 0.4) is 0 Å². The molecule has 1 aliphatic heterocycles. The number of nitrogens with one attached hydrogen (secondary N) is 2. The molecule has 0 saturated carbocycles. The highest BCUT2D eigenvalue weighted by Gasteiger charge is 2.22. The predicted molar refractivity (Wildman–Crippen MR) is 133 cm³/mol. The van der Waals surface area contributed by atoms with Crippen molar-refractivity contribution >= 4 is 23.7 Å². The summed E-state index contributed by atoms with van der Waals surface area (Å²) >= 11 is 0. The molecule has 7 heteroatoms. The Labute approximate surface area is 196 Å². The minimum Gasteiger partial charge on any atom is -0.493 e. The number of rotatable bonds is 10. The number of carbonyl (C=O) groups is 1. The van der Waals surface area contributed by atoms with Crippen LogP contribution in [0.2, 0.25) is 0 Å². The molecular formula is C26H36N4O3. The monoisotopic (exact) mass is 452 g/mol. The Kier molecular flexibility index (Phi) is 8.44. The van der Waals surface area contributed by atoms with Crippen molar-refractivity contribution in [2.24, 2.45) is 5.41 Å². The van der Waals surface area contributed by atoms with Crippen molar-refractivity contribution in [2.75, 3.05) is 23.8 Å². The number of anilines is 2. The first-order valence-corrected chi connectivity index (χ1v) is 11.8. The van der Waals surface area contributed by atoms with Crippen LogP contribution in [0.25, 0.3) is 6.08 Å². The first-order chi connectivity index (χ1) is 15.7. The number of unbranched alkanes of at least 4 members (excludes halogenated alkanes) is 1. The summed E-state index contributed by atoms with van der Waals surface area (Å²) < 4.78 is 5.54. The molecule has 33 heavy (non-hydrogen) atoms. The van der Waals surface area contributed by atoms with E-state index >= 15 is 0 Å². The molecule has 1 amide bonds. The van der Waals surface area contributed by atoms with Crippen LogP contribution in [0.4, 0.5) is 11.8 Å². The van der Waals surface area contributed by atoms with Crippen molar-refractivity contribution in [3.05, 3.63) is 47.2 Å². The third-order valence-corrected chi connectivity index (χ3v) is 5.44. The average Bonchev–Trinajstić information content (AvgIpc) is 3.23. The average molecular weight is 453 g/mol. The molecular weight excluding hydrogens is 416 g/mol. The smallest absolute Gasteiger partial charge is 0.230 e. The predicted octanol–water partition coefficient (Wildman–Crippen LogP) is 4.62. The van der Waals surface area contributed by atoms with Gasteiger partial charge in [-0.05, 0) is 49.4 Å². The molecule has 2 heterocycles. The quantitative estimate of drug-likeness (QED) is 0.456. The zero-order chi connectivity index (χ0) is 23.8. The summed E-state index contributed by atoms with van der Waals surface area (Å²) in [5.41, 5.74) is 2.68. The molecule has 0 radical (unpaired) electrons. The Morgan fingerprint density at radius 2 is 2.06 bits per heavy atom. The van der Waals surface area contributed by atoms with E-state index < -0.39 is 11.5 Å². The molecule has 1 aromatic carbocycles. The molecule has 1 atom stereocenters.